The van der Waals surface area contributed by atoms with Gasteiger partial charge in [0.25, 0.3) is 15.9 Å². The maximum Gasteiger partial charge on any atom is 0.268 e. The number of methoxy groups -OCH3 is 3. The van der Waals surface area contributed by atoms with Crippen LogP contribution in [0.5, 0.6) is 17.2 Å². The van der Waals surface area contributed by atoms with Gasteiger partial charge in [0.15, 0.2) is 0 Å². The molecule has 1 amide bonds. The Morgan fingerprint density at radius 3 is 2.43 bits per heavy atom. The lowest BCUT2D eigenvalue weighted by molar-refractivity contribution is 0.0981. The second-order valence-electron chi connectivity index (χ2n) is 6.18. The number of benzene rings is 2. The molecule has 0 fully saturated rings. The third-order valence-electron chi connectivity index (χ3n) is 4.33. The highest BCUT2D eigenvalue weighted by molar-refractivity contribution is 7.90. The topological polar surface area (TPSA) is 109 Å². The summed E-state index contributed by atoms with van der Waals surface area (Å²) >= 11 is 0. The summed E-state index contributed by atoms with van der Waals surface area (Å²) in [4.78, 5) is 12.4. The van der Waals surface area contributed by atoms with Gasteiger partial charge in [-0.15, -0.1) is 0 Å². The molecule has 3 aromatic rings. The zero-order chi connectivity index (χ0) is 21.7. The van der Waals surface area contributed by atoms with Crippen molar-refractivity contribution in [3.63, 3.8) is 0 Å². The second kappa shape index (κ2) is 8.87. The molecular formula is C20H21N3O6S. The number of ether oxygens (including phenoxy) is 3. The van der Waals surface area contributed by atoms with Crippen LogP contribution >= 0.6 is 0 Å². The number of nitrogens with zero attached hydrogens (tertiary/aromatic N) is 2. The number of carbonyl (C=O) groups is 1. The highest BCUT2D eigenvalue weighted by Crippen LogP contribution is 2.28. The largest absolute Gasteiger partial charge is 0.497 e. The maximum atomic E-state index is 12.7. The minimum absolute atomic E-state index is 0.0572. The molecule has 0 unspecified atom stereocenters. The van der Waals surface area contributed by atoms with Crippen LogP contribution < -0.4 is 18.9 Å². The van der Waals surface area contributed by atoms with E-state index in [2.05, 4.69) is 9.82 Å². The Labute approximate surface area is 174 Å². The molecule has 0 radical (unpaired) electrons. The van der Waals surface area contributed by atoms with E-state index < -0.39 is 15.9 Å². The van der Waals surface area contributed by atoms with Crippen molar-refractivity contribution in [3.8, 4) is 17.2 Å². The van der Waals surface area contributed by atoms with E-state index in [9.17, 15) is 13.2 Å². The van der Waals surface area contributed by atoms with Crippen molar-refractivity contribution in [1.82, 2.24) is 14.5 Å². The fourth-order valence-corrected chi connectivity index (χ4v) is 3.94. The monoisotopic (exact) mass is 431 g/mol. The quantitative estimate of drug-likeness (QED) is 0.582. The van der Waals surface area contributed by atoms with Crippen LogP contribution in [0.2, 0.25) is 0 Å². The maximum absolute atomic E-state index is 12.7. The van der Waals surface area contributed by atoms with Gasteiger partial charge in [-0.25, -0.2) is 13.1 Å². The SMILES string of the molecule is COc1ccc(S(=O)(=O)NC(=O)c2ccc(Cn3cccn3)c(OC)c2)c(OC)c1. The number of hydrogen-bond acceptors (Lipinski definition) is 7. The Balaban J connectivity index is 1.84. The van der Waals surface area contributed by atoms with E-state index in [4.69, 9.17) is 14.2 Å². The van der Waals surface area contributed by atoms with Crippen LogP contribution in [0.4, 0.5) is 0 Å². The van der Waals surface area contributed by atoms with Crippen LogP contribution in [0.3, 0.4) is 0 Å². The molecule has 3 rings (SSSR count). The number of rotatable bonds is 8. The fraction of sp³-hybridized carbons (Fsp3) is 0.200. The van der Waals surface area contributed by atoms with Crippen LogP contribution in [0.15, 0.2) is 59.8 Å². The molecule has 0 aliphatic rings. The molecule has 0 saturated heterocycles. The zero-order valence-electron chi connectivity index (χ0n) is 16.7. The van der Waals surface area contributed by atoms with Crippen molar-refractivity contribution in [2.45, 2.75) is 11.4 Å². The molecule has 0 aliphatic heterocycles. The van der Waals surface area contributed by atoms with E-state index in [1.807, 2.05) is 0 Å². The summed E-state index contributed by atoms with van der Waals surface area (Å²) in [7, 11) is 0.0783. The fourth-order valence-electron chi connectivity index (χ4n) is 2.82. The Morgan fingerprint density at radius 2 is 1.80 bits per heavy atom. The van der Waals surface area contributed by atoms with E-state index in [1.54, 1.807) is 29.2 Å². The van der Waals surface area contributed by atoms with Crippen LogP contribution in [-0.2, 0) is 16.6 Å². The summed E-state index contributed by atoms with van der Waals surface area (Å²) in [6, 6.07) is 10.7. The van der Waals surface area contributed by atoms with Gasteiger partial charge in [-0.2, -0.15) is 5.10 Å². The van der Waals surface area contributed by atoms with E-state index in [0.29, 0.717) is 18.0 Å². The summed E-state index contributed by atoms with van der Waals surface area (Å²) in [5.41, 5.74) is 0.921. The van der Waals surface area contributed by atoms with Gasteiger partial charge in [-0.3, -0.25) is 9.48 Å². The average molecular weight is 431 g/mol. The Hall–Kier alpha value is -3.53. The van der Waals surface area contributed by atoms with Gasteiger partial charge in [-0.05, 0) is 30.3 Å². The molecular weight excluding hydrogens is 410 g/mol. The lowest BCUT2D eigenvalue weighted by Crippen LogP contribution is -2.31. The molecule has 0 bridgehead atoms. The van der Waals surface area contributed by atoms with Crippen LogP contribution in [-0.4, -0.2) is 45.4 Å². The first-order valence-electron chi connectivity index (χ1n) is 8.81. The molecule has 0 saturated carbocycles. The highest BCUT2D eigenvalue weighted by Gasteiger charge is 2.24. The summed E-state index contributed by atoms with van der Waals surface area (Å²) in [5, 5.41) is 4.14. The third-order valence-corrected chi connectivity index (χ3v) is 5.70. The predicted octanol–water partition coefficient (Wildman–Crippen LogP) is 2.08. The van der Waals surface area contributed by atoms with Crippen molar-refractivity contribution < 1.29 is 27.4 Å². The molecule has 0 spiro atoms. The Morgan fingerprint density at radius 1 is 1.03 bits per heavy atom. The van der Waals surface area contributed by atoms with Gasteiger partial charge < -0.3 is 14.2 Å². The van der Waals surface area contributed by atoms with Gasteiger partial charge in [0.05, 0.1) is 27.9 Å². The van der Waals surface area contributed by atoms with Crippen molar-refractivity contribution >= 4 is 15.9 Å². The summed E-state index contributed by atoms with van der Waals surface area (Å²) in [5.74, 6) is 0.130. The molecule has 9 nitrogen and oxygen atoms in total. The van der Waals surface area contributed by atoms with Crippen molar-refractivity contribution in [2.75, 3.05) is 21.3 Å². The minimum Gasteiger partial charge on any atom is -0.497 e. The van der Waals surface area contributed by atoms with Crippen LogP contribution in [0, 0.1) is 0 Å². The van der Waals surface area contributed by atoms with E-state index in [-0.39, 0.29) is 16.2 Å². The zero-order valence-corrected chi connectivity index (χ0v) is 17.5. The van der Waals surface area contributed by atoms with E-state index in [1.165, 1.54) is 51.7 Å². The summed E-state index contributed by atoms with van der Waals surface area (Å²) in [6.45, 7) is 0.444. The number of nitrogens with one attached hydrogen (secondary N) is 1. The number of hydrogen-bond donors (Lipinski definition) is 1. The summed E-state index contributed by atoms with van der Waals surface area (Å²) < 4.78 is 44.8. The molecule has 1 N–H and O–H groups in total. The average Bonchev–Trinajstić information content (AvgIpc) is 3.26. The number of aromatic nitrogens is 2. The lowest BCUT2D eigenvalue weighted by Gasteiger charge is -2.13. The normalized spacial score (nSPS) is 11.0. The molecule has 0 aliphatic carbocycles. The van der Waals surface area contributed by atoms with Gasteiger partial charge in [0.2, 0.25) is 0 Å². The molecule has 1 aromatic heterocycles. The standard InChI is InChI=1S/C20H21N3O6S/c1-27-16-7-8-19(18(12-16)29-3)30(25,26)22-20(24)14-5-6-15(17(11-14)28-2)13-23-10-4-9-21-23/h4-12H,13H2,1-3H3,(H,22,24). The highest BCUT2D eigenvalue weighted by atomic mass is 32.2. The molecule has 158 valence electrons. The predicted molar refractivity (Wildman–Crippen MR) is 109 cm³/mol. The van der Waals surface area contributed by atoms with E-state index in [0.717, 1.165) is 5.56 Å². The van der Waals surface area contributed by atoms with Gasteiger partial charge in [-0.1, -0.05) is 6.07 Å². The first-order chi connectivity index (χ1) is 14.4. The molecule has 2 aromatic carbocycles. The molecule has 10 heteroatoms. The smallest absolute Gasteiger partial charge is 0.268 e. The first-order valence-corrected chi connectivity index (χ1v) is 10.3. The third kappa shape index (κ3) is 4.54. The molecule has 1 heterocycles. The van der Waals surface area contributed by atoms with Crippen LogP contribution in [0.1, 0.15) is 15.9 Å². The van der Waals surface area contributed by atoms with Gasteiger partial charge >= 0.3 is 0 Å². The van der Waals surface area contributed by atoms with Gasteiger partial charge in [0.1, 0.15) is 22.1 Å². The number of carbonyl (C=O) groups excluding carboxylic acids is 1. The van der Waals surface area contributed by atoms with Crippen molar-refractivity contribution in [3.05, 3.63) is 66.0 Å². The van der Waals surface area contributed by atoms with Gasteiger partial charge in [0, 0.05) is 29.6 Å². The second-order valence-corrected chi connectivity index (χ2v) is 7.83. The first kappa shape index (κ1) is 21.2. The minimum atomic E-state index is -4.18. The number of sulfonamides is 1. The van der Waals surface area contributed by atoms with Crippen molar-refractivity contribution in [1.29, 1.82) is 0 Å². The Bertz CT molecular complexity index is 1140. The van der Waals surface area contributed by atoms with Crippen molar-refractivity contribution in [2.24, 2.45) is 0 Å². The summed E-state index contributed by atoms with van der Waals surface area (Å²) in [6.07, 6.45) is 3.46. The molecule has 30 heavy (non-hydrogen) atoms. The van der Waals surface area contributed by atoms with Crippen LogP contribution in [0.25, 0.3) is 0 Å². The molecule has 0 atom stereocenters. The number of amides is 1. The Kier molecular flexibility index (Phi) is 6.26. The van der Waals surface area contributed by atoms with E-state index >= 15 is 0 Å². The lowest BCUT2D eigenvalue weighted by atomic mass is 10.1.